The van der Waals surface area contributed by atoms with Crippen LogP contribution < -0.4 is 42.2 Å². The van der Waals surface area contributed by atoms with Crippen LogP contribution >= 0.6 is 0 Å². The van der Waals surface area contributed by atoms with E-state index < -0.39 is 135 Å². The highest BCUT2D eigenvalue weighted by Gasteiger charge is 2.53. The maximum Gasteiger partial charge on any atom is 0.343 e. The number of carbonyl (C=O) groups excluding carboxylic acids is 4. The van der Waals surface area contributed by atoms with Crippen molar-refractivity contribution in [2.24, 2.45) is 23.3 Å². The molecule has 15 atom stereocenters. The second kappa shape index (κ2) is 26.2. The predicted octanol–water partition coefficient (Wildman–Crippen LogP) is -2.81. The van der Waals surface area contributed by atoms with Crippen LogP contribution in [0, 0.1) is 17.2 Å². The Labute approximate surface area is 398 Å². The monoisotopic (exact) mass is 977 g/mol. The van der Waals surface area contributed by atoms with Crippen molar-refractivity contribution in [2.75, 3.05) is 52.5 Å². The van der Waals surface area contributed by atoms with Crippen LogP contribution in [0.4, 0.5) is 5.69 Å². The van der Waals surface area contributed by atoms with Gasteiger partial charge in [-0.3, -0.25) is 19.8 Å². The number of aliphatic hydroxyl groups excluding tert-OH is 6. The van der Waals surface area contributed by atoms with Crippen LogP contribution in [0.2, 0.25) is 0 Å². The second-order valence-electron chi connectivity index (χ2n) is 17.2. The summed E-state index contributed by atoms with van der Waals surface area (Å²) in [4.78, 5) is 51.3. The van der Waals surface area contributed by atoms with Gasteiger partial charge in [-0.15, -0.1) is 0 Å². The molecule has 15 N–H and O–H groups in total. The van der Waals surface area contributed by atoms with E-state index in [9.17, 15) is 49.8 Å². The van der Waals surface area contributed by atoms with Gasteiger partial charge in [0.25, 0.3) is 0 Å². The molecule has 2 aromatic rings. The minimum atomic E-state index is -1.73. The molecule has 69 heavy (non-hydrogen) atoms. The number of anilines is 1. The van der Waals surface area contributed by atoms with E-state index in [-0.39, 0.29) is 50.4 Å². The molecule has 3 amide bonds. The number of carbonyl (C=O) groups is 4. The Balaban J connectivity index is 1.18. The van der Waals surface area contributed by atoms with Gasteiger partial charge in [-0.25, -0.2) is 4.79 Å². The van der Waals surface area contributed by atoms with E-state index in [1.54, 1.807) is 36.4 Å². The molecule has 0 spiro atoms. The van der Waals surface area contributed by atoms with Crippen molar-refractivity contribution in [1.82, 2.24) is 16.0 Å². The summed E-state index contributed by atoms with van der Waals surface area (Å²) in [6.07, 6.45) is -12.8. The zero-order valence-corrected chi connectivity index (χ0v) is 38.7. The van der Waals surface area contributed by atoms with Gasteiger partial charge in [0.1, 0.15) is 42.0 Å². The van der Waals surface area contributed by atoms with E-state index in [1.165, 1.54) is 33.3 Å². The van der Waals surface area contributed by atoms with Gasteiger partial charge in [0.05, 0.1) is 61.4 Å². The Morgan fingerprint density at radius 2 is 1.38 bits per heavy atom. The molecule has 1 saturated heterocycles. The normalized spacial score (nSPS) is 31.2. The third-order valence-electron chi connectivity index (χ3n) is 12.4. The number of guanidine groups is 1. The Morgan fingerprint density at radius 3 is 1.99 bits per heavy atom. The van der Waals surface area contributed by atoms with E-state index in [2.05, 4.69) is 21.3 Å². The lowest BCUT2D eigenvalue weighted by atomic mass is 9.79. The number of nitrogens with one attached hydrogen (secondary N) is 5. The van der Waals surface area contributed by atoms with Gasteiger partial charge in [-0.05, 0) is 67.8 Å². The molecule has 1 heterocycles. The molecule has 2 aromatic carbocycles. The molecule has 3 aliphatic rings. The maximum atomic E-state index is 13.6. The first-order valence-electron chi connectivity index (χ1n) is 22.7. The molecule has 0 aromatic heterocycles. The molecule has 384 valence electrons. The second-order valence-corrected chi connectivity index (χ2v) is 17.2. The quantitative estimate of drug-likeness (QED) is 0.0186. The van der Waals surface area contributed by atoms with E-state index >= 15 is 0 Å². The molecule has 1 aliphatic heterocycles. The first-order chi connectivity index (χ1) is 33.0. The number of hydrogen-bond acceptors (Lipinski definition) is 19. The zero-order valence-electron chi connectivity index (χ0n) is 38.7. The third kappa shape index (κ3) is 14.7. The lowest BCUT2D eigenvalue weighted by Gasteiger charge is -2.50. The molecule has 0 radical (unpaired) electrons. The maximum absolute atomic E-state index is 13.6. The van der Waals surface area contributed by atoms with Crippen molar-refractivity contribution in [1.29, 1.82) is 5.41 Å². The molecule has 6 unspecified atom stereocenters. The lowest BCUT2D eigenvalue weighted by molar-refractivity contribution is -0.314. The fraction of sp³-hybridized carbons (Fsp3) is 0.622. The summed E-state index contributed by atoms with van der Waals surface area (Å²) in [7, 11) is 2.75. The summed E-state index contributed by atoms with van der Waals surface area (Å²) in [6, 6.07) is 9.02. The van der Waals surface area contributed by atoms with E-state index in [0.717, 1.165) is 0 Å². The van der Waals surface area contributed by atoms with Gasteiger partial charge < -0.3 is 96.5 Å². The highest BCUT2D eigenvalue weighted by molar-refractivity contribution is 5.92. The first-order valence-corrected chi connectivity index (χ1v) is 22.7. The number of benzene rings is 2. The van der Waals surface area contributed by atoms with E-state index in [4.69, 9.17) is 50.0 Å². The van der Waals surface area contributed by atoms with Gasteiger partial charge in [-0.1, -0.05) is 0 Å². The predicted molar refractivity (Wildman–Crippen MR) is 243 cm³/mol. The van der Waals surface area contributed by atoms with Crippen molar-refractivity contribution in [3.05, 3.63) is 54.1 Å². The fourth-order valence-electron chi connectivity index (χ4n) is 8.82. The summed E-state index contributed by atoms with van der Waals surface area (Å²) in [5.41, 5.74) is 12.4. The van der Waals surface area contributed by atoms with Crippen molar-refractivity contribution >= 4 is 35.3 Å². The molecule has 0 bridgehead atoms. The standard InChI is InChI=1S/C45H67N7O17/c1-22(56)50-35-30(18-24(19-53)40(64-3)38(35)60)67-42-31(21-55)68-44(69-41-25(20-54)17-29(63-2)34(46)37(41)59)36(39(42)61)52-33(58)14-13-32(57)49-15-4-16-65-27-9-5-23(6-10-27)43(62)66-28-11-7-26(8-12-28)51-45(47)48/h5-12,24-25,29-31,34-42,44,53-55,59-61H,4,13-21,46H2,1-3H3,(H,49,57)(H,50,56)(H,52,58)(H4,47,48,51)/t24?,25?,29-,30-,31?,34-,35-,36?,37?,38?,39-,40-,41-,42-,44+/m1/s1. The molecular formula is C45H67N7O17. The van der Waals surface area contributed by atoms with Crippen LogP contribution in [0.3, 0.4) is 0 Å². The number of amides is 3. The Hall–Kier alpha value is -5.09. The van der Waals surface area contributed by atoms with Gasteiger partial charge in [-0.2, -0.15) is 0 Å². The van der Waals surface area contributed by atoms with Gasteiger partial charge in [0.2, 0.25) is 17.7 Å². The third-order valence-corrected chi connectivity index (χ3v) is 12.4. The number of nitrogens with two attached hydrogens (primary N) is 2. The van der Waals surface area contributed by atoms with Crippen LogP contribution in [-0.4, -0.2) is 187 Å². The average molecular weight is 978 g/mol. The minimum Gasteiger partial charge on any atom is -0.494 e. The molecule has 2 saturated carbocycles. The van der Waals surface area contributed by atoms with Crippen molar-refractivity contribution < 1.29 is 83.0 Å². The van der Waals surface area contributed by atoms with Crippen LogP contribution in [0.15, 0.2) is 48.5 Å². The topological polar surface area (TPSA) is 378 Å². The molecule has 5 rings (SSSR count). The minimum absolute atomic E-state index is 0.0218. The number of esters is 1. The van der Waals surface area contributed by atoms with Crippen molar-refractivity contribution in [3.63, 3.8) is 0 Å². The van der Waals surface area contributed by atoms with Gasteiger partial charge in [0.15, 0.2) is 12.2 Å². The highest BCUT2D eigenvalue weighted by Crippen LogP contribution is 2.36. The summed E-state index contributed by atoms with van der Waals surface area (Å²) in [5.74, 6) is -3.19. The largest absolute Gasteiger partial charge is 0.494 e. The van der Waals surface area contributed by atoms with Crippen molar-refractivity contribution in [2.45, 2.75) is 118 Å². The first kappa shape index (κ1) is 54.8. The summed E-state index contributed by atoms with van der Waals surface area (Å²) in [6.45, 7) is -0.0294. The molecule has 24 nitrogen and oxygen atoms in total. The summed E-state index contributed by atoms with van der Waals surface area (Å²) in [5, 5.41) is 83.4. The number of hydrogen-bond donors (Lipinski definition) is 13. The van der Waals surface area contributed by atoms with Gasteiger partial charge >= 0.3 is 5.97 Å². The van der Waals surface area contributed by atoms with E-state index in [1.807, 2.05) is 0 Å². The Bertz CT molecular complexity index is 1980. The van der Waals surface area contributed by atoms with Crippen molar-refractivity contribution in [3.8, 4) is 11.5 Å². The molecular weight excluding hydrogens is 911 g/mol. The lowest BCUT2D eigenvalue weighted by Crippen LogP contribution is -2.69. The fourth-order valence-corrected chi connectivity index (χ4v) is 8.82. The Morgan fingerprint density at radius 1 is 0.754 bits per heavy atom. The number of rotatable bonds is 22. The molecule has 3 fully saturated rings. The Kier molecular flexibility index (Phi) is 20.8. The number of methoxy groups -OCH3 is 2. The highest BCUT2D eigenvalue weighted by atomic mass is 16.7. The summed E-state index contributed by atoms with van der Waals surface area (Å²) < 4.78 is 40.7. The molecule has 24 heteroatoms. The van der Waals surface area contributed by atoms with Gasteiger partial charge in [0, 0.05) is 71.3 Å². The van der Waals surface area contributed by atoms with Crippen LogP contribution in [0.5, 0.6) is 11.5 Å². The SMILES string of the molecule is CO[C@@H]1C(CO)C[C@@H](O[C@@H]2C(CO)O[C@@H](O[C@@H]3C(CO)C[C@@H](OC)[C@@H](N)C3O)C(NC(=O)CCC(=O)NCCCOc3ccc(C(=O)Oc4ccc(NC(=N)N)cc4)cc3)[C@H]2O)[C@@H](NC(C)=O)C1O. The number of ether oxygens (including phenoxy) is 7. The van der Waals surface area contributed by atoms with Crippen LogP contribution in [0.25, 0.3) is 0 Å². The molecule has 2 aliphatic carbocycles. The van der Waals surface area contributed by atoms with Crippen LogP contribution in [-0.2, 0) is 38.1 Å². The zero-order chi connectivity index (χ0) is 50.4. The van der Waals surface area contributed by atoms with E-state index in [0.29, 0.717) is 23.6 Å². The summed E-state index contributed by atoms with van der Waals surface area (Å²) >= 11 is 0. The number of aliphatic hydroxyl groups is 6. The van der Waals surface area contributed by atoms with Crippen LogP contribution in [0.1, 0.15) is 49.4 Å². The smallest absolute Gasteiger partial charge is 0.343 e. The average Bonchev–Trinajstić information content (AvgIpc) is 3.33.